The highest BCUT2D eigenvalue weighted by molar-refractivity contribution is 8.05. The highest BCUT2D eigenvalue weighted by Gasteiger charge is 2.82. The van der Waals surface area contributed by atoms with Crippen LogP contribution in [0.25, 0.3) is 0 Å². The average molecular weight is 585 g/mol. The molecule has 0 aromatic carbocycles. The van der Waals surface area contributed by atoms with E-state index >= 15 is 0 Å². The maximum absolute atomic E-state index is 14.4. The molecule has 0 aromatic rings. The van der Waals surface area contributed by atoms with Crippen molar-refractivity contribution in [3.8, 4) is 0 Å². The van der Waals surface area contributed by atoms with Gasteiger partial charge in [0.05, 0.1) is 18.6 Å². The van der Waals surface area contributed by atoms with Crippen LogP contribution in [0, 0.1) is 5.92 Å². The standard InChI is InChI=1S/C16H26F6N2O8S3/c1-4-13(11(2)25)32-10-7-12-5-8-24(9-6-12)35(30,31)16(21,22)14(17,18)15(19,20)34(28,29)23-33(3,26)27/h7,10-13,23,25H,4-6,8-9H2,1-3H3/b10-7+. The van der Waals surface area contributed by atoms with Gasteiger partial charge in [0.15, 0.2) is 0 Å². The first-order chi connectivity index (χ1) is 15.5. The van der Waals surface area contributed by atoms with Crippen LogP contribution in [0.4, 0.5) is 26.3 Å². The Balaban J connectivity index is 3.09. The summed E-state index contributed by atoms with van der Waals surface area (Å²) in [7, 11) is -18.7. The normalized spacial score (nSPS) is 20.2. The van der Waals surface area contributed by atoms with Gasteiger partial charge in [-0.1, -0.05) is 6.92 Å². The van der Waals surface area contributed by atoms with Crippen molar-refractivity contribution in [3.63, 3.8) is 0 Å². The van der Waals surface area contributed by atoms with E-state index in [9.17, 15) is 56.7 Å². The number of piperidine rings is 1. The molecule has 2 N–H and O–H groups in total. The minimum absolute atomic E-state index is 0.0237. The van der Waals surface area contributed by atoms with Gasteiger partial charge in [-0.15, -0.1) is 4.13 Å². The number of alkyl halides is 6. The zero-order chi connectivity index (χ0) is 27.7. The first-order valence-corrected chi connectivity index (χ1v) is 14.7. The van der Waals surface area contributed by atoms with Crippen LogP contribution >= 0.6 is 0 Å². The number of sulfonamides is 3. The van der Waals surface area contributed by atoms with Crippen LogP contribution in [-0.2, 0) is 34.8 Å². The SMILES string of the molecule is CCC(O/C=C/C1CCN(S(=O)(=O)C(F)(F)C(F)(F)C(F)(F)S(=O)(=O)NS(C)(=O)=O)CC1)C(C)O. The van der Waals surface area contributed by atoms with Crippen LogP contribution in [-0.4, -0.2) is 82.7 Å². The Labute approximate surface area is 199 Å². The molecule has 19 heteroatoms. The lowest BCUT2D eigenvalue weighted by Gasteiger charge is -2.36. The lowest BCUT2D eigenvalue weighted by Crippen LogP contribution is -2.65. The number of rotatable bonds is 12. The van der Waals surface area contributed by atoms with E-state index in [0.717, 1.165) is 0 Å². The zero-order valence-electron chi connectivity index (χ0n) is 18.7. The van der Waals surface area contributed by atoms with E-state index in [1.165, 1.54) is 19.3 Å². The third-order valence-electron chi connectivity index (χ3n) is 5.04. The maximum Gasteiger partial charge on any atom is 0.429 e. The molecule has 0 aromatic heterocycles. The van der Waals surface area contributed by atoms with Crippen molar-refractivity contribution in [1.82, 2.24) is 8.43 Å². The molecule has 0 bridgehead atoms. The summed E-state index contributed by atoms with van der Waals surface area (Å²) in [6.07, 6.45) is 1.30. The predicted molar refractivity (Wildman–Crippen MR) is 111 cm³/mol. The summed E-state index contributed by atoms with van der Waals surface area (Å²) >= 11 is 0. The highest BCUT2D eigenvalue weighted by Crippen LogP contribution is 2.51. The minimum Gasteiger partial charge on any atom is -0.496 e. The van der Waals surface area contributed by atoms with E-state index in [1.54, 1.807) is 6.92 Å². The first-order valence-electron chi connectivity index (χ1n) is 9.91. The van der Waals surface area contributed by atoms with Crippen molar-refractivity contribution in [2.45, 2.75) is 61.7 Å². The second-order valence-corrected chi connectivity index (χ2v) is 13.6. The molecule has 10 nitrogen and oxygen atoms in total. The van der Waals surface area contributed by atoms with Crippen molar-refractivity contribution in [3.05, 3.63) is 12.3 Å². The Morgan fingerprint density at radius 3 is 1.91 bits per heavy atom. The van der Waals surface area contributed by atoms with Crippen LogP contribution in [0.15, 0.2) is 12.3 Å². The fourth-order valence-corrected chi connectivity index (χ4v) is 7.04. The van der Waals surface area contributed by atoms with Crippen LogP contribution in [0.2, 0.25) is 0 Å². The van der Waals surface area contributed by atoms with E-state index in [-0.39, 0.29) is 27.5 Å². The smallest absolute Gasteiger partial charge is 0.429 e. The monoisotopic (exact) mass is 584 g/mol. The fraction of sp³-hybridized carbons (Fsp3) is 0.875. The number of halogens is 6. The van der Waals surface area contributed by atoms with E-state index in [0.29, 0.717) is 6.42 Å². The number of ether oxygens (including phenoxy) is 1. The van der Waals surface area contributed by atoms with Crippen LogP contribution in [0.5, 0.6) is 0 Å². The number of aliphatic hydroxyl groups is 1. The Kier molecular flexibility index (Phi) is 9.73. The van der Waals surface area contributed by atoms with Crippen molar-refractivity contribution in [2.75, 3.05) is 19.3 Å². The second-order valence-electron chi connectivity index (χ2n) is 7.86. The number of nitrogens with one attached hydrogen (secondary N) is 1. The van der Waals surface area contributed by atoms with E-state index in [1.807, 2.05) is 0 Å². The van der Waals surface area contributed by atoms with Crippen molar-refractivity contribution in [2.24, 2.45) is 5.92 Å². The van der Waals surface area contributed by atoms with Crippen molar-refractivity contribution < 1.29 is 61.4 Å². The van der Waals surface area contributed by atoms with Crippen molar-refractivity contribution >= 4 is 30.1 Å². The van der Waals surface area contributed by atoms with Gasteiger partial charge in [-0.2, -0.15) is 30.6 Å². The number of allylic oxidation sites excluding steroid dienone is 1. The van der Waals surface area contributed by atoms with Gasteiger partial charge in [-0.25, -0.2) is 25.3 Å². The van der Waals surface area contributed by atoms with Gasteiger partial charge in [0.25, 0.3) is 20.0 Å². The van der Waals surface area contributed by atoms with E-state index in [2.05, 4.69) is 0 Å². The highest BCUT2D eigenvalue weighted by atomic mass is 32.3. The molecule has 1 aliphatic heterocycles. The largest absolute Gasteiger partial charge is 0.496 e. The summed E-state index contributed by atoms with van der Waals surface area (Å²) in [6.45, 7) is 1.62. The number of nitrogens with zero attached hydrogens (tertiary/aromatic N) is 1. The molecule has 1 rings (SSSR count). The number of aliphatic hydroxyl groups excluding tert-OH is 1. The predicted octanol–water partition coefficient (Wildman–Crippen LogP) is 1.42. The first kappa shape index (κ1) is 31.9. The summed E-state index contributed by atoms with van der Waals surface area (Å²) in [5, 5.41) is -3.98. The molecule has 1 heterocycles. The zero-order valence-corrected chi connectivity index (χ0v) is 21.1. The van der Waals surface area contributed by atoms with Gasteiger partial charge in [-0.3, -0.25) is 0 Å². The van der Waals surface area contributed by atoms with E-state index in [4.69, 9.17) is 4.74 Å². The summed E-state index contributed by atoms with van der Waals surface area (Å²) < 4.78 is 159. The third-order valence-corrected chi connectivity index (χ3v) is 10.0. The van der Waals surface area contributed by atoms with E-state index < -0.39 is 77.7 Å². The maximum atomic E-state index is 14.4. The van der Waals surface area contributed by atoms with Gasteiger partial charge in [-0.05, 0) is 38.2 Å². The van der Waals surface area contributed by atoms with Crippen LogP contribution < -0.4 is 4.13 Å². The summed E-state index contributed by atoms with van der Waals surface area (Å²) in [5.41, 5.74) is 0. The molecule has 0 aliphatic carbocycles. The van der Waals surface area contributed by atoms with Gasteiger partial charge < -0.3 is 9.84 Å². The molecule has 0 radical (unpaired) electrons. The molecular weight excluding hydrogens is 558 g/mol. The topological polar surface area (TPSA) is 147 Å². The molecular formula is C16H26F6N2O8S3. The Hall–Kier alpha value is -1.15. The quantitative estimate of drug-likeness (QED) is 0.259. The summed E-state index contributed by atoms with van der Waals surface area (Å²) in [5.74, 6) is -7.53. The number of hydrogen-bond acceptors (Lipinski definition) is 8. The minimum atomic E-state index is -7.06. The number of hydrogen-bond donors (Lipinski definition) is 2. The molecule has 1 saturated heterocycles. The molecule has 0 spiro atoms. The van der Waals surface area contributed by atoms with Crippen LogP contribution in [0.3, 0.4) is 0 Å². The Bertz CT molecular complexity index is 1090. The van der Waals surface area contributed by atoms with Gasteiger partial charge in [0.1, 0.15) is 6.10 Å². The molecule has 1 fully saturated rings. The Morgan fingerprint density at radius 1 is 1.03 bits per heavy atom. The van der Waals surface area contributed by atoms with Crippen LogP contribution in [0.1, 0.15) is 33.1 Å². The average Bonchev–Trinajstić information content (AvgIpc) is 2.69. The van der Waals surface area contributed by atoms with Gasteiger partial charge in [0.2, 0.25) is 10.0 Å². The Morgan fingerprint density at radius 2 is 1.51 bits per heavy atom. The van der Waals surface area contributed by atoms with Crippen molar-refractivity contribution in [1.29, 1.82) is 0 Å². The fourth-order valence-electron chi connectivity index (χ4n) is 3.03. The third kappa shape index (κ3) is 6.60. The van der Waals surface area contributed by atoms with Gasteiger partial charge >= 0.3 is 16.4 Å². The lowest BCUT2D eigenvalue weighted by molar-refractivity contribution is -0.245. The second kappa shape index (κ2) is 10.7. The summed E-state index contributed by atoms with van der Waals surface area (Å²) in [4.78, 5) is 0. The molecule has 1 aliphatic rings. The molecule has 2 unspecified atom stereocenters. The molecule has 0 amide bonds. The molecule has 0 saturated carbocycles. The van der Waals surface area contributed by atoms with Gasteiger partial charge in [0, 0.05) is 13.1 Å². The molecule has 208 valence electrons. The lowest BCUT2D eigenvalue weighted by atomic mass is 9.98. The molecule has 2 atom stereocenters. The molecule has 35 heavy (non-hydrogen) atoms. The summed E-state index contributed by atoms with van der Waals surface area (Å²) in [6, 6.07) is 0.